The highest BCUT2D eigenvalue weighted by atomic mass is 16.6. The van der Waals surface area contributed by atoms with Crippen LogP contribution in [0, 0.1) is 5.41 Å². The van der Waals surface area contributed by atoms with Crippen LogP contribution in [0.3, 0.4) is 0 Å². The molecule has 2 aliphatic heterocycles. The molecule has 3 aliphatic rings. The molecule has 0 radical (unpaired) electrons. The first-order chi connectivity index (χ1) is 18.3. The molecule has 8 heteroatoms. The molecule has 2 aromatic rings. The van der Waals surface area contributed by atoms with Gasteiger partial charge in [0.05, 0.1) is 30.6 Å². The van der Waals surface area contributed by atoms with Crippen molar-refractivity contribution in [1.82, 2.24) is 9.80 Å². The molecule has 1 N–H and O–H groups in total. The van der Waals surface area contributed by atoms with Crippen molar-refractivity contribution in [1.29, 1.82) is 0 Å². The minimum Gasteiger partial charge on any atom is -0.450 e. The molecule has 1 fully saturated rings. The maximum Gasteiger partial charge on any atom is 0.409 e. The average Bonchev–Trinajstić information content (AvgIpc) is 3.03. The number of rotatable bonds is 4. The van der Waals surface area contributed by atoms with Gasteiger partial charge in [-0.3, -0.25) is 9.59 Å². The van der Waals surface area contributed by atoms with Gasteiger partial charge in [-0.2, -0.15) is 0 Å². The van der Waals surface area contributed by atoms with Gasteiger partial charge in [0, 0.05) is 43.9 Å². The van der Waals surface area contributed by atoms with Crippen LogP contribution in [0.1, 0.15) is 45.2 Å². The lowest BCUT2D eigenvalue weighted by Gasteiger charge is -2.39. The van der Waals surface area contributed by atoms with E-state index >= 15 is 0 Å². The quantitative estimate of drug-likeness (QED) is 0.640. The van der Waals surface area contributed by atoms with E-state index in [2.05, 4.69) is 24.1 Å². The summed E-state index contributed by atoms with van der Waals surface area (Å²) in [5.74, 6) is 0.0859. The van der Waals surface area contributed by atoms with Gasteiger partial charge < -0.3 is 24.8 Å². The van der Waals surface area contributed by atoms with Gasteiger partial charge in [-0.15, -0.1) is 0 Å². The topological polar surface area (TPSA) is 82.2 Å². The Balaban J connectivity index is 1.50. The number of piperazine rings is 1. The van der Waals surface area contributed by atoms with Crippen molar-refractivity contribution in [3.63, 3.8) is 0 Å². The maximum atomic E-state index is 13.7. The largest absolute Gasteiger partial charge is 0.450 e. The number of benzene rings is 2. The van der Waals surface area contributed by atoms with Crippen molar-refractivity contribution in [2.24, 2.45) is 5.41 Å². The van der Waals surface area contributed by atoms with Gasteiger partial charge in [-0.25, -0.2) is 4.79 Å². The van der Waals surface area contributed by atoms with Crippen LogP contribution < -0.4 is 10.2 Å². The predicted octanol–water partition coefficient (Wildman–Crippen LogP) is 4.60. The van der Waals surface area contributed by atoms with Crippen LogP contribution >= 0.6 is 0 Å². The summed E-state index contributed by atoms with van der Waals surface area (Å²) < 4.78 is 5.12. The van der Waals surface area contributed by atoms with Crippen LogP contribution in [-0.2, 0) is 14.3 Å². The van der Waals surface area contributed by atoms with Crippen molar-refractivity contribution in [2.75, 3.05) is 49.5 Å². The molecule has 2 aromatic carbocycles. The zero-order valence-corrected chi connectivity index (χ0v) is 22.4. The van der Waals surface area contributed by atoms with Crippen LogP contribution in [0.2, 0.25) is 0 Å². The van der Waals surface area contributed by atoms with Crippen LogP contribution in [0.4, 0.5) is 16.2 Å². The molecule has 38 heavy (non-hydrogen) atoms. The van der Waals surface area contributed by atoms with Gasteiger partial charge in [-0.1, -0.05) is 56.3 Å². The number of carbonyl (C=O) groups excluding carboxylic acids is 3. The number of amides is 2. The number of fused-ring (bicyclic) bond motifs is 1. The Hall–Kier alpha value is -3.81. The van der Waals surface area contributed by atoms with E-state index in [4.69, 9.17) is 4.74 Å². The number of nitrogens with one attached hydrogen (secondary N) is 1. The predicted molar refractivity (Wildman–Crippen MR) is 147 cm³/mol. The molecule has 0 spiro atoms. The number of hydrogen-bond donors (Lipinski definition) is 1. The summed E-state index contributed by atoms with van der Waals surface area (Å²) in [6, 6.07) is 17.6. The summed E-state index contributed by atoms with van der Waals surface area (Å²) in [5, 5.41) is 3.59. The highest BCUT2D eigenvalue weighted by Crippen LogP contribution is 2.48. The Labute approximate surface area is 224 Å². The lowest BCUT2D eigenvalue weighted by Crippen LogP contribution is -2.53. The van der Waals surface area contributed by atoms with Gasteiger partial charge in [0.15, 0.2) is 5.78 Å². The van der Waals surface area contributed by atoms with Crippen molar-refractivity contribution >= 4 is 29.2 Å². The number of allylic oxidation sites excluding steroid dienone is 1. The first-order valence-corrected chi connectivity index (χ1v) is 13.4. The van der Waals surface area contributed by atoms with Gasteiger partial charge in [0.2, 0.25) is 5.91 Å². The number of nitrogens with zero attached hydrogens (tertiary/aromatic N) is 3. The summed E-state index contributed by atoms with van der Waals surface area (Å²) in [5.41, 5.74) is 4.29. The van der Waals surface area contributed by atoms with Crippen molar-refractivity contribution in [3.05, 3.63) is 71.4 Å². The number of anilines is 2. The van der Waals surface area contributed by atoms with E-state index in [0.29, 0.717) is 39.2 Å². The number of ether oxygens (including phenoxy) is 1. The lowest BCUT2D eigenvalue weighted by atomic mass is 9.73. The Kier molecular flexibility index (Phi) is 7.15. The van der Waals surface area contributed by atoms with Crippen LogP contribution in [0.15, 0.2) is 65.9 Å². The molecule has 0 aromatic heterocycles. The summed E-state index contributed by atoms with van der Waals surface area (Å²) in [6.45, 7) is 8.25. The monoisotopic (exact) mass is 516 g/mol. The van der Waals surface area contributed by atoms with Crippen LogP contribution in [0.25, 0.3) is 0 Å². The van der Waals surface area contributed by atoms with Gasteiger partial charge in [-0.05, 0) is 36.5 Å². The normalized spacial score (nSPS) is 20.8. The van der Waals surface area contributed by atoms with Crippen LogP contribution in [-0.4, -0.2) is 66.9 Å². The third kappa shape index (κ3) is 5.12. The first kappa shape index (κ1) is 25.8. The Morgan fingerprint density at radius 1 is 0.947 bits per heavy atom. The van der Waals surface area contributed by atoms with E-state index in [1.54, 1.807) is 16.7 Å². The third-order valence-corrected chi connectivity index (χ3v) is 7.58. The Morgan fingerprint density at radius 2 is 1.61 bits per heavy atom. The molecular weight excluding hydrogens is 480 g/mol. The second-order valence-corrected chi connectivity index (χ2v) is 11.0. The molecule has 0 saturated carbocycles. The molecule has 1 aliphatic carbocycles. The zero-order valence-electron chi connectivity index (χ0n) is 22.4. The molecule has 2 amide bonds. The number of Topliss-reactive ketones (excluding diaryl/α,β-unsaturated/α-hetero) is 1. The highest BCUT2D eigenvalue weighted by Gasteiger charge is 2.42. The van der Waals surface area contributed by atoms with Gasteiger partial charge in [0.25, 0.3) is 0 Å². The summed E-state index contributed by atoms with van der Waals surface area (Å²) >= 11 is 0. The fourth-order valence-corrected chi connectivity index (χ4v) is 5.81. The lowest BCUT2D eigenvalue weighted by molar-refractivity contribution is -0.131. The third-order valence-electron chi connectivity index (χ3n) is 7.58. The number of carbonyl (C=O) groups is 3. The fourth-order valence-electron chi connectivity index (χ4n) is 5.81. The molecule has 1 unspecified atom stereocenters. The van der Waals surface area contributed by atoms with E-state index in [-0.39, 0.29) is 29.7 Å². The molecule has 200 valence electrons. The number of para-hydroxylation sites is 2. The molecule has 0 bridgehead atoms. The van der Waals surface area contributed by atoms with E-state index in [9.17, 15) is 14.4 Å². The van der Waals surface area contributed by atoms with Crippen molar-refractivity contribution < 1.29 is 19.1 Å². The summed E-state index contributed by atoms with van der Waals surface area (Å²) in [4.78, 5) is 45.1. The summed E-state index contributed by atoms with van der Waals surface area (Å²) in [6.07, 6.45) is 0.878. The number of hydrogen-bond acceptors (Lipinski definition) is 6. The zero-order chi connectivity index (χ0) is 26.9. The van der Waals surface area contributed by atoms with Crippen molar-refractivity contribution in [2.45, 2.75) is 39.7 Å². The second-order valence-electron chi connectivity index (χ2n) is 11.0. The average molecular weight is 517 g/mol. The second kappa shape index (κ2) is 10.5. The molecule has 2 heterocycles. The molecule has 8 nitrogen and oxygen atoms in total. The van der Waals surface area contributed by atoms with Gasteiger partial charge in [0.1, 0.15) is 0 Å². The Bertz CT molecular complexity index is 1250. The van der Waals surface area contributed by atoms with E-state index < -0.39 is 6.04 Å². The van der Waals surface area contributed by atoms with Crippen molar-refractivity contribution in [3.8, 4) is 0 Å². The number of ketones is 1. The SMILES string of the molecule is CCOC(=O)N1CCN(C(=O)CN2c3ccccc3NC3=C(C(=O)CC(C)(C)C3)C2c2ccccc2)CC1. The van der Waals surface area contributed by atoms with E-state index in [0.717, 1.165) is 34.6 Å². The minimum atomic E-state index is -0.393. The first-order valence-electron chi connectivity index (χ1n) is 13.4. The minimum absolute atomic E-state index is 0.0307. The van der Waals surface area contributed by atoms with Gasteiger partial charge >= 0.3 is 6.09 Å². The molecule has 1 atom stereocenters. The molecule has 1 saturated heterocycles. The summed E-state index contributed by atoms with van der Waals surface area (Å²) in [7, 11) is 0. The van der Waals surface area contributed by atoms with E-state index in [1.807, 2.05) is 54.6 Å². The highest BCUT2D eigenvalue weighted by molar-refractivity contribution is 6.01. The van der Waals surface area contributed by atoms with E-state index in [1.165, 1.54) is 0 Å². The van der Waals surface area contributed by atoms with Crippen LogP contribution in [0.5, 0.6) is 0 Å². The Morgan fingerprint density at radius 3 is 2.32 bits per heavy atom. The standard InChI is InChI=1S/C30H36N4O4/c1-4-38-29(37)33-16-14-32(15-17-33)26(36)20-34-24-13-9-8-12-22(24)31-23-18-30(2,3)19-25(35)27(23)28(34)21-10-6-5-7-11-21/h5-13,28,31H,4,14-20H2,1-3H3. The smallest absolute Gasteiger partial charge is 0.409 e. The molecular formula is C30H36N4O4. The molecule has 5 rings (SSSR count). The maximum absolute atomic E-state index is 13.7. The fraction of sp³-hybridized carbons (Fsp3) is 0.433.